The zero-order valence-electron chi connectivity index (χ0n) is 9.47. The molecule has 0 radical (unpaired) electrons. The van der Waals surface area contributed by atoms with E-state index in [-0.39, 0.29) is 0 Å². The molecule has 2 heterocycles. The van der Waals surface area contributed by atoms with Crippen LogP contribution >= 0.6 is 0 Å². The number of rotatable bonds is 2. The van der Waals surface area contributed by atoms with Crippen molar-refractivity contribution in [2.45, 2.75) is 19.4 Å². The maximum absolute atomic E-state index is 5.80. The van der Waals surface area contributed by atoms with Crippen LogP contribution in [0.15, 0.2) is 29.0 Å². The number of fused-ring (bicyclic) bond motifs is 1. The molecule has 0 fully saturated rings. The largest absolute Gasteiger partial charge is 0.399 e. The van der Waals surface area contributed by atoms with Gasteiger partial charge in [0.1, 0.15) is 0 Å². The maximum Gasteiger partial charge on any atom is 0.245 e. The third kappa shape index (κ3) is 1.95. The van der Waals surface area contributed by atoms with E-state index in [9.17, 15) is 0 Å². The highest BCUT2D eigenvalue weighted by atomic mass is 16.5. The molecule has 0 aliphatic carbocycles. The van der Waals surface area contributed by atoms with Crippen molar-refractivity contribution in [2.24, 2.45) is 0 Å². The Balaban J connectivity index is 1.89. The first-order chi connectivity index (χ1) is 8.33. The van der Waals surface area contributed by atoms with Crippen molar-refractivity contribution in [3.8, 4) is 0 Å². The minimum atomic E-state index is 0.648. The van der Waals surface area contributed by atoms with Gasteiger partial charge in [0.15, 0.2) is 6.33 Å². The first-order valence-electron chi connectivity index (χ1n) is 5.72. The number of aromatic nitrogens is 2. The van der Waals surface area contributed by atoms with Crippen LogP contribution < -0.4 is 10.6 Å². The molecule has 1 aromatic carbocycles. The molecular formula is C12H14N4O. The van der Waals surface area contributed by atoms with Crippen molar-refractivity contribution >= 4 is 11.4 Å². The number of benzene rings is 1. The lowest BCUT2D eigenvalue weighted by Crippen LogP contribution is -2.28. The highest BCUT2D eigenvalue weighted by molar-refractivity contribution is 5.60. The van der Waals surface area contributed by atoms with Crippen LogP contribution in [0.2, 0.25) is 0 Å². The Kier molecular flexibility index (Phi) is 2.44. The summed E-state index contributed by atoms with van der Waals surface area (Å²) in [5, 5.41) is 3.62. The van der Waals surface area contributed by atoms with Crippen molar-refractivity contribution in [3.05, 3.63) is 36.0 Å². The molecule has 0 saturated carbocycles. The molecular weight excluding hydrogens is 216 g/mol. The fourth-order valence-corrected chi connectivity index (χ4v) is 2.29. The SMILES string of the molecule is Nc1ccc2c(c1)CCCN2Cc1ncno1. The van der Waals surface area contributed by atoms with E-state index < -0.39 is 0 Å². The lowest BCUT2D eigenvalue weighted by atomic mass is 10.0. The van der Waals surface area contributed by atoms with Gasteiger partial charge in [0.2, 0.25) is 5.89 Å². The molecule has 2 N–H and O–H groups in total. The van der Waals surface area contributed by atoms with E-state index in [0.717, 1.165) is 25.1 Å². The molecule has 0 bridgehead atoms. The van der Waals surface area contributed by atoms with Crippen molar-refractivity contribution in [1.82, 2.24) is 10.1 Å². The van der Waals surface area contributed by atoms with Crippen molar-refractivity contribution < 1.29 is 4.52 Å². The van der Waals surface area contributed by atoms with Gasteiger partial charge in [-0.2, -0.15) is 4.98 Å². The van der Waals surface area contributed by atoms with Gasteiger partial charge in [-0.1, -0.05) is 5.16 Å². The number of nitrogen functional groups attached to an aromatic ring is 1. The monoisotopic (exact) mass is 230 g/mol. The van der Waals surface area contributed by atoms with Crippen molar-refractivity contribution in [3.63, 3.8) is 0 Å². The summed E-state index contributed by atoms with van der Waals surface area (Å²) in [6, 6.07) is 6.06. The van der Waals surface area contributed by atoms with Gasteiger partial charge in [-0.05, 0) is 36.6 Å². The summed E-state index contributed by atoms with van der Waals surface area (Å²) in [5.41, 5.74) is 9.15. The second kappa shape index (κ2) is 4.08. The normalized spacial score (nSPS) is 14.7. The molecule has 0 spiro atoms. The lowest BCUT2D eigenvalue weighted by molar-refractivity contribution is 0.374. The standard InChI is InChI=1S/C12H14N4O/c13-10-3-4-11-9(6-10)2-1-5-16(11)7-12-14-8-15-17-12/h3-4,6,8H,1-2,5,7,13H2. The molecule has 0 saturated heterocycles. The lowest BCUT2D eigenvalue weighted by Gasteiger charge is -2.30. The Morgan fingerprint density at radius 1 is 1.41 bits per heavy atom. The molecule has 0 amide bonds. The highest BCUT2D eigenvalue weighted by Gasteiger charge is 2.18. The minimum absolute atomic E-state index is 0.648. The zero-order valence-corrected chi connectivity index (χ0v) is 9.47. The van der Waals surface area contributed by atoms with E-state index in [0.29, 0.717) is 12.4 Å². The zero-order chi connectivity index (χ0) is 11.7. The molecule has 5 nitrogen and oxygen atoms in total. The Morgan fingerprint density at radius 2 is 2.35 bits per heavy atom. The third-order valence-corrected chi connectivity index (χ3v) is 3.05. The summed E-state index contributed by atoms with van der Waals surface area (Å²) in [4.78, 5) is 6.31. The summed E-state index contributed by atoms with van der Waals surface area (Å²) in [5.74, 6) is 0.648. The van der Waals surface area contributed by atoms with E-state index in [1.807, 2.05) is 6.07 Å². The van der Waals surface area contributed by atoms with E-state index in [4.69, 9.17) is 10.3 Å². The van der Waals surface area contributed by atoms with Crippen LogP contribution in [-0.4, -0.2) is 16.7 Å². The summed E-state index contributed by atoms with van der Waals surface area (Å²) >= 11 is 0. The van der Waals surface area contributed by atoms with Crippen molar-refractivity contribution in [2.75, 3.05) is 17.2 Å². The van der Waals surface area contributed by atoms with Gasteiger partial charge in [0.25, 0.3) is 0 Å². The van der Waals surface area contributed by atoms with Gasteiger partial charge in [0, 0.05) is 17.9 Å². The van der Waals surface area contributed by atoms with Crippen LogP contribution in [0.1, 0.15) is 17.9 Å². The van der Waals surface area contributed by atoms with Gasteiger partial charge in [0.05, 0.1) is 6.54 Å². The van der Waals surface area contributed by atoms with Gasteiger partial charge < -0.3 is 15.2 Å². The Morgan fingerprint density at radius 3 is 3.18 bits per heavy atom. The number of nitrogens with two attached hydrogens (primary N) is 1. The Labute approximate surface area is 99.2 Å². The molecule has 17 heavy (non-hydrogen) atoms. The molecule has 2 aromatic rings. The number of anilines is 2. The second-order valence-corrected chi connectivity index (χ2v) is 4.25. The van der Waals surface area contributed by atoms with E-state index in [2.05, 4.69) is 27.2 Å². The smallest absolute Gasteiger partial charge is 0.245 e. The molecule has 5 heteroatoms. The van der Waals surface area contributed by atoms with Crippen LogP contribution in [0, 0.1) is 0 Å². The summed E-state index contributed by atoms with van der Waals surface area (Å²) < 4.78 is 5.05. The van der Waals surface area contributed by atoms with Crippen molar-refractivity contribution in [1.29, 1.82) is 0 Å². The average molecular weight is 230 g/mol. The molecule has 0 unspecified atom stereocenters. The summed E-state index contributed by atoms with van der Waals surface area (Å²) in [6.07, 6.45) is 3.65. The topological polar surface area (TPSA) is 68.2 Å². The van der Waals surface area contributed by atoms with E-state index in [1.54, 1.807) is 0 Å². The van der Waals surface area contributed by atoms with Gasteiger partial charge >= 0.3 is 0 Å². The summed E-state index contributed by atoms with van der Waals surface area (Å²) in [6.45, 7) is 1.68. The average Bonchev–Trinajstić information content (AvgIpc) is 2.82. The minimum Gasteiger partial charge on any atom is -0.399 e. The Bertz CT molecular complexity index is 509. The van der Waals surface area contributed by atoms with Crippen LogP contribution in [-0.2, 0) is 13.0 Å². The van der Waals surface area contributed by atoms with Crippen LogP contribution in [0.4, 0.5) is 11.4 Å². The maximum atomic E-state index is 5.80. The molecule has 3 rings (SSSR count). The fraction of sp³-hybridized carbons (Fsp3) is 0.333. The molecule has 0 atom stereocenters. The molecule has 1 aliphatic heterocycles. The third-order valence-electron chi connectivity index (χ3n) is 3.05. The van der Waals surface area contributed by atoms with Crippen LogP contribution in [0.3, 0.4) is 0 Å². The number of hydrogen-bond donors (Lipinski definition) is 1. The van der Waals surface area contributed by atoms with E-state index >= 15 is 0 Å². The number of hydrogen-bond acceptors (Lipinski definition) is 5. The fourth-order valence-electron chi connectivity index (χ4n) is 2.29. The molecule has 1 aliphatic rings. The second-order valence-electron chi connectivity index (χ2n) is 4.25. The molecule has 88 valence electrons. The Hall–Kier alpha value is -2.04. The highest BCUT2D eigenvalue weighted by Crippen LogP contribution is 2.29. The molecule has 1 aromatic heterocycles. The van der Waals surface area contributed by atoms with E-state index in [1.165, 1.54) is 17.6 Å². The number of aryl methyl sites for hydroxylation is 1. The summed E-state index contributed by atoms with van der Waals surface area (Å²) in [7, 11) is 0. The van der Waals surface area contributed by atoms with Crippen LogP contribution in [0.5, 0.6) is 0 Å². The quantitative estimate of drug-likeness (QED) is 0.794. The van der Waals surface area contributed by atoms with Gasteiger partial charge in [-0.3, -0.25) is 0 Å². The first kappa shape index (κ1) is 10.1. The van der Waals surface area contributed by atoms with Gasteiger partial charge in [-0.25, -0.2) is 0 Å². The first-order valence-corrected chi connectivity index (χ1v) is 5.72. The van der Waals surface area contributed by atoms with Crippen LogP contribution in [0.25, 0.3) is 0 Å². The number of nitrogens with zero attached hydrogens (tertiary/aromatic N) is 3. The van der Waals surface area contributed by atoms with Gasteiger partial charge in [-0.15, -0.1) is 0 Å². The predicted octanol–water partition coefficient (Wildman–Crippen LogP) is 1.60. The predicted molar refractivity (Wildman–Crippen MR) is 64.5 cm³/mol.